The Balaban J connectivity index is 0.00000180. The number of aromatic nitrogens is 1. The van der Waals surface area contributed by atoms with E-state index in [0.29, 0.717) is 5.92 Å². The summed E-state index contributed by atoms with van der Waals surface area (Å²) in [6, 6.07) is 12.1. The Kier molecular flexibility index (Phi) is 4.31. The zero-order valence-electron chi connectivity index (χ0n) is 15.9. The van der Waals surface area contributed by atoms with Gasteiger partial charge in [-0.1, -0.05) is 32.9 Å². The van der Waals surface area contributed by atoms with E-state index in [1.54, 1.807) is 6.26 Å². The summed E-state index contributed by atoms with van der Waals surface area (Å²) in [5.41, 5.74) is 6.58. The zero-order valence-corrected chi connectivity index (χ0v) is 16.7. The van der Waals surface area contributed by atoms with Gasteiger partial charge >= 0.3 is 0 Å². The van der Waals surface area contributed by atoms with E-state index in [2.05, 4.69) is 26.8 Å². The quantitative estimate of drug-likeness (QED) is 0.363. The van der Waals surface area contributed by atoms with E-state index in [4.69, 9.17) is 13.8 Å². The van der Waals surface area contributed by atoms with Crippen LogP contribution in [-0.2, 0) is 12.8 Å². The summed E-state index contributed by atoms with van der Waals surface area (Å²) in [5.74, 6) is 1.51. The van der Waals surface area contributed by atoms with E-state index in [-0.39, 0.29) is 17.8 Å². The molecule has 1 atom stereocenters. The molecule has 1 aliphatic carbocycles. The van der Waals surface area contributed by atoms with Crippen LogP contribution >= 0.6 is 12.4 Å². The van der Waals surface area contributed by atoms with Crippen LogP contribution in [0, 0.1) is 11.3 Å². The van der Waals surface area contributed by atoms with Crippen LogP contribution in [0.25, 0.3) is 33.4 Å². The van der Waals surface area contributed by atoms with Gasteiger partial charge in [-0.3, -0.25) is 0 Å². The zero-order chi connectivity index (χ0) is 17.9. The number of furan rings is 2. The summed E-state index contributed by atoms with van der Waals surface area (Å²) in [7, 11) is 0. The van der Waals surface area contributed by atoms with E-state index in [1.807, 2.05) is 30.3 Å². The fourth-order valence-corrected chi connectivity index (χ4v) is 4.30. The molecule has 0 N–H and O–H groups in total. The molecule has 0 saturated heterocycles. The lowest BCUT2D eigenvalue weighted by molar-refractivity contribution is 0.215. The van der Waals surface area contributed by atoms with Crippen molar-refractivity contribution in [1.82, 2.24) is 4.98 Å². The van der Waals surface area contributed by atoms with Crippen LogP contribution in [0.3, 0.4) is 0 Å². The number of nitrogens with zero attached hydrogens (tertiary/aromatic N) is 1. The molecule has 4 aromatic rings. The first-order valence-electron chi connectivity index (χ1n) is 9.39. The third-order valence-electron chi connectivity index (χ3n) is 5.87. The lowest BCUT2D eigenvalue weighted by Crippen LogP contribution is -2.27. The second-order valence-corrected chi connectivity index (χ2v) is 8.47. The number of hydrogen-bond acceptors (Lipinski definition) is 3. The smallest absolute Gasteiger partial charge is 0.165 e. The van der Waals surface area contributed by atoms with Crippen LogP contribution < -0.4 is 0 Å². The van der Waals surface area contributed by atoms with E-state index in [9.17, 15) is 0 Å². The van der Waals surface area contributed by atoms with Gasteiger partial charge in [0.1, 0.15) is 16.9 Å². The summed E-state index contributed by atoms with van der Waals surface area (Å²) in [6.45, 7) is 7.01. The van der Waals surface area contributed by atoms with Gasteiger partial charge in [0.15, 0.2) is 5.58 Å². The molecule has 3 nitrogen and oxygen atoms in total. The third-order valence-corrected chi connectivity index (χ3v) is 5.87. The standard InChI is InChI=1S/C23H23NO2.ClH/c1-23(2,3)14-10-11-17-16(13-14)20(19-9-6-12-25-19)22-21(24-17)15-7-4-5-8-18(15)26-22;/h4-9,12,14H,10-11,13H2,1-3H3;1H. The molecule has 1 aliphatic rings. The van der Waals surface area contributed by atoms with Gasteiger partial charge < -0.3 is 8.83 Å². The Morgan fingerprint density at radius 3 is 2.63 bits per heavy atom. The summed E-state index contributed by atoms with van der Waals surface area (Å²) >= 11 is 0. The van der Waals surface area contributed by atoms with Crippen molar-refractivity contribution in [1.29, 1.82) is 0 Å². The Morgan fingerprint density at radius 1 is 1.07 bits per heavy atom. The predicted molar refractivity (Wildman–Crippen MR) is 111 cm³/mol. The van der Waals surface area contributed by atoms with E-state index in [0.717, 1.165) is 46.2 Å². The molecule has 140 valence electrons. The molecule has 3 aromatic heterocycles. The van der Waals surface area contributed by atoms with Crippen molar-refractivity contribution in [2.24, 2.45) is 11.3 Å². The second kappa shape index (κ2) is 6.42. The topological polar surface area (TPSA) is 39.2 Å². The number of fused-ring (bicyclic) bond motifs is 4. The highest BCUT2D eigenvalue weighted by atomic mass is 35.5. The van der Waals surface area contributed by atoms with Crippen LogP contribution in [0.1, 0.15) is 38.4 Å². The molecule has 0 spiro atoms. The molecular formula is C23H24ClNO2. The molecular weight excluding hydrogens is 358 g/mol. The number of benzene rings is 1. The minimum Gasteiger partial charge on any atom is -0.464 e. The normalized spacial score (nSPS) is 17.1. The second-order valence-electron chi connectivity index (χ2n) is 8.47. The van der Waals surface area contributed by atoms with Gasteiger partial charge in [-0.15, -0.1) is 12.4 Å². The minimum absolute atomic E-state index is 0. The Morgan fingerprint density at radius 2 is 1.89 bits per heavy atom. The molecule has 0 bridgehead atoms. The molecule has 1 unspecified atom stereocenters. The number of aryl methyl sites for hydroxylation is 1. The number of para-hydroxylation sites is 1. The highest BCUT2D eigenvalue weighted by Gasteiger charge is 2.33. The molecule has 27 heavy (non-hydrogen) atoms. The van der Waals surface area contributed by atoms with Crippen molar-refractivity contribution in [2.45, 2.75) is 40.0 Å². The maximum Gasteiger partial charge on any atom is 0.165 e. The van der Waals surface area contributed by atoms with Crippen molar-refractivity contribution >= 4 is 34.5 Å². The SMILES string of the molecule is CC(C)(C)C1CCc2nc3c(oc4ccccc43)c(-c3ccco3)c2C1.Cl. The molecule has 4 heteroatoms. The van der Waals surface area contributed by atoms with Gasteiger partial charge in [0.05, 0.1) is 11.8 Å². The van der Waals surface area contributed by atoms with Crippen LogP contribution in [0.5, 0.6) is 0 Å². The molecule has 0 amide bonds. The van der Waals surface area contributed by atoms with Gasteiger partial charge in [-0.05, 0) is 60.4 Å². The summed E-state index contributed by atoms with van der Waals surface area (Å²) in [5, 5.41) is 1.08. The molecule has 0 fully saturated rings. The van der Waals surface area contributed by atoms with Gasteiger partial charge in [0.25, 0.3) is 0 Å². The Hall–Kier alpha value is -2.26. The van der Waals surface area contributed by atoms with Gasteiger partial charge in [0.2, 0.25) is 0 Å². The number of rotatable bonds is 1. The van der Waals surface area contributed by atoms with Crippen LogP contribution in [0.4, 0.5) is 0 Å². The van der Waals surface area contributed by atoms with Crippen molar-refractivity contribution in [3.63, 3.8) is 0 Å². The first kappa shape index (κ1) is 18.1. The van der Waals surface area contributed by atoms with Crippen LogP contribution in [-0.4, -0.2) is 4.98 Å². The summed E-state index contributed by atoms with van der Waals surface area (Å²) < 4.78 is 12.1. The summed E-state index contributed by atoms with van der Waals surface area (Å²) in [4.78, 5) is 5.06. The van der Waals surface area contributed by atoms with Crippen molar-refractivity contribution in [3.05, 3.63) is 53.9 Å². The van der Waals surface area contributed by atoms with Gasteiger partial charge in [-0.25, -0.2) is 4.98 Å². The van der Waals surface area contributed by atoms with Crippen molar-refractivity contribution < 1.29 is 8.83 Å². The first-order chi connectivity index (χ1) is 12.5. The van der Waals surface area contributed by atoms with Gasteiger partial charge in [0, 0.05) is 11.1 Å². The highest BCUT2D eigenvalue weighted by molar-refractivity contribution is 6.07. The molecule has 0 radical (unpaired) electrons. The molecule has 5 rings (SSSR count). The van der Waals surface area contributed by atoms with Crippen molar-refractivity contribution in [2.75, 3.05) is 0 Å². The predicted octanol–water partition coefficient (Wildman–Crippen LogP) is 6.81. The van der Waals surface area contributed by atoms with Crippen molar-refractivity contribution in [3.8, 4) is 11.3 Å². The van der Waals surface area contributed by atoms with E-state index < -0.39 is 0 Å². The highest BCUT2D eigenvalue weighted by Crippen LogP contribution is 2.44. The van der Waals surface area contributed by atoms with Gasteiger partial charge in [-0.2, -0.15) is 0 Å². The van der Waals surface area contributed by atoms with E-state index >= 15 is 0 Å². The first-order valence-corrected chi connectivity index (χ1v) is 9.39. The maximum atomic E-state index is 6.27. The number of halogens is 1. The number of pyridine rings is 1. The molecule has 1 aromatic carbocycles. The monoisotopic (exact) mass is 381 g/mol. The molecule has 3 heterocycles. The Bertz CT molecular complexity index is 1100. The maximum absolute atomic E-state index is 6.27. The largest absolute Gasteiger partial charge is 0.464 e. The lowest BCUT2D eigenvalue weighted by atomic mass is 9.70. The average Bonchev–Trinajstić information content (AvgIpc) is 3.26. The number of hydrogen-bond donors (Lipinski definition) is 0. The third kappa shape index (κ3) is 2.85. The minimum atomic E-state index is 0. The van der Waals surface area contributed by atoms with Crippen LogP contribution in [0.15, 0.2) is 51.5 Å². The fraction of sp³-hybridized carbons (Fsp3) is 0.348. The molecule has 0 aliphatic heterocycles. The summed E-state index contributed by atoms with van der Waals surface area (Å²) in [6.07, 6.45) is 4.96. The van der Waals surface area contributed by atoms with E-state index in [1.165, 1.54) is 17.7 Å². The fourth-order valence-electron chi connectivity index (χ4n) is 4.30. The Labute approximate surface area is 165 Å². The molecule has 0 saturated carbocycles. The van der Waals surface area contributed by atoms with Crippen LogP contribution in [0.2, 0.25) is 0 Å². The average molecular weight is 382 g/mol. The lowest BCUT2D eigenvalue weighted by Gasteiger charge is -2.35.